The number of carboxylic acid groups (broad SMARTS) is 2. The van der Waals surface area contributed by atoms with Crippen LogP contribution in [0.5, 0.6) is 0 Å². The summed E-state index contributed by atoms with van der Waals surface area (Å²) in [5, 5.41) is 18.9. The van der Waals surface area contributed by atoms with Crippen molar-refractivity contribution >= 4 is 65.1 Å². The van der Waals surface area contributed by atoms with E-state index in [0.717, 1.165) is 15.7 Å². The highest BCUT2D eigenvalue weighted by Gasteiger charge is 2.22. The molecule has 1 heterocycles. The van der Waals surface area contributed by atoms with Gasteiger partial charge in [-0.15, -0.1) is 23.5 Å². The molecular weight excluding hydrogens is 577 g/mol. The first-order chi connectivity index (χ1) is 19.4. The predicted molar refractivity (Wildman–Crippen MR) is 181 cm³/mol. The van der Waals surface area contributed by atoms with Crippen molar-refractivity contribution in [2.45, 2.75) is 117 Å². The van der Waals surface area contributed by atoms with Crippen LogP contribution in [0.25, 0.3) is 6.08 Å². The van der Waals surface area contributed by atoms with Crippen LogP contribution in [0.2, 0.25) is 0 Å². The first-order valence-corrected chi connectivity index (χ1v) is 18.7. The molecule has 224 valence electrons. The van der Waals surface area contributed by atoms with Crippen LogP contribution in [0.15, 0.2) is 30.9 Å². The normalized spacial score (nSPS) is 13.3. The van der Waals surface area contributed by atoms with Crippen molar-refractivity contribution in [3.05, 3.63) is 47.6 Å². The predicted octanol–water partition coefficient (Wildman–Crippen LogP) is 11.7. The Morgan fingerprint density at radius 1 is 0.625 bits per heavy atom. The fourth-order valence-electron chi connectivity index (χ4n) is 4.44. The molecule has 0 aromatic heterocycles. The number of hydrogen-bond acceptors (Lipinski definition) is 6. The number of aromatic carboxylic acids is 2. The van der Waals surface area contributed by atoms with Crippen molar-refractivity contribution in [1.82, 2.24) is 0 Å². The van der Waals surface area contributed by atoms with Gasteiger partial charge in [0.1, 0.15) is 0 Å². The van der Waals surface area contributed by atoms with E-state index in [1.807, 2.05) is 29.6 Å². The average molecular weight is 625 g/mol. The van der Waals surface area contributed by atoms with Crippen LogP contribution in [-0.4, -0.2) is 33.7 Å². The number of unbranched alkanes of at least 4 members (excludes halogenated alkanes) is 14. The van der Waals surface area contributed by atoms with Crippen LogP contribution >= 0.6 is 47.0 Å². The Morgan fingerprint density at radius 3 is 1.38 bits per heavy atom. The van der Waals surface area contributed by atoms with Gasteiger partial charge in [-0.1, -0.05) is 127 Å². The molecule has 4 nitrogen and oxygen atoms in total. The van der Waals surface area contributed by atoms with E-state index in [1.165, 1.54) is 117 Å². The first kappa shape index (κ1) is 35.2. The maximum absolute atomic E-state index is 11.5. The van der Waals surface area contributed by atoms with E-state index >= 15 is 0 Å². The molecule has 2 N–H and O–H groups in total. The number of rotatable bonds is 23. The molecule has 0 spiro atoms. The van der Waals surface area contributed by atoms with Gasteiger partial charge in [0.15, 0.2) is 0 Å². The molecule has 2 rings (SSSR count). The Bertz CT molecular complexity index is 905. The molecule has 0 aliphatic carbocycles. The highest BCUT2D eigenvalue weighted by Crippen LogP contribution is 2.58. The SMILES string of the molecule is CCCCCCCCCCSC1=C(SCCCCCCCCCC)SC(=Cc2cc(C(=O)O)cc(C(=O)O)c2)S1. The summed E-state index contributed by atoms with van der Waals surface area (Å²) >= 11 is 7.39. The highest BCUT2D eigenvalue weighted by atomic mass is 32.3. The Morgan fingerprint density at radius 2 is 1.00 bits per heavy atom. The van der Waals surface area contributed by atoms with Crippen LogP contribution in [-0.2, 0) is 0 Å². The van der Waals surface area contributed by atoms with Crippen molar-refractivity contribution in [1.29, 1.82) is 0 Å². The van der Waals surface area contributed by atoms with Crippen molar-refractivity contribution < 1.29 is 19.8 Å². The van der Waals surface area contributed by atoms with Crippen LogP contribution in [0.3, 0.4) is 0 Å². The molecule has 1 aliphatic heterocycles. The maximum atomic E-state index is 11.5. The summed E-state index contributed by atoms with van der Waals surface area (Å²) in [6, 6.07) is 4.33. The van der Waals surface area contributed by atoms with Gasteiger partial charge in [-0.25, -0.2) is 9.59 Å². The molecule has 0 bridgehead atoms. The topological polar surface area (TPSA) is 74.6 Å². The lowest BCUT2D eigenvalue weighted by Crippen LogP contribution is -2.03. The van der Waals surface area contributed by atoms with E-state index in [0.29, 0.717) is 5.56 Å². The van der Waals surface area contributed by atoms with Gasteiger partial charge in [-0.3, -0.25) is 0 Å². The largest absolute Gasteiger partial charge is 0.478 e. The van der Waals surface area contributed by atoms with Crippen LogP contribution in [0.4, 0.5) is 0 Å². The number of hydrogen-bond donors (Lipinski definition) is 2. The summed E-state index contributed by atoms with van der Waals surface area (Å²) in [5.41, 5.74) is 0.622. The van der Waals surface area contributed by atoms with Crippen molar-refractivity contribution in [2.24, 2.45) is 0 Å². The Balaban J connectivity index is 1.93. The molecule has 0 amide bonds. The Kier molecular flexibility index (Phi) is 19.1. The van der Waals surface area contributed by atoms with Crippen molar-refractivity contribution in [2.75, 3.05) is 11.5 Å². The second-order valence-corrected chi connectivity index (χ2v) is 15.4. The fourth-order valence-corrected chi connectivity index (χ4v) is 10.4. The van der Waals surface area contributed by atoms with Gasteiger partial charge in [-0.05, 0) is 54.2 Å². The van der Waals surface area contributed by atoms with Gasteiger partial charge in [0.2, 0.25) is 0 Å². The third-order valence-corrected chi connectivity index (χ3v) is 12.3. The Hall–Kier alpha value is -0.960. The zero-order chi connectivity index (χ0) is 29.0. The number of thioether (sulfide) groups is 4. The van der Waals surface area contributed by atoms with Gasteiger partial charge in [0.05, 0.1) is 23.8 Å². The first-order valence-electron chi connectivity index (χ1n) is 15.1. The molecule has 40 heavy (non-hydrogen) atoms. The van der Waals surface area contributed by atoms with Gasteiger partial charge >= 0.3 is 11.9 Å². The lowest BCUT2D eigenvalue weighted by Gasteiger charge is -2.06. The van der Waals surface area contributed by atoms with Crippen LogP contribution in [0, 0.1) is 0 Å². The molecule has 8 heteroatoms. The van der Waals surface area contributed by atoms with E-state index < -0.39 is 11.9 Å². The van der Waals surface area contributed by atoms with E-state index in [4.69, 9.17) is 0 Å². The molecule has 0 saturated heterocycles. The lowest BCUT2D eigenvalue weighted by atomic mass is 10.1. The van der Waals surface area contributed by atoms with E-state index in [1.54, 1.807) is 35.7 Å². The average Bonchev–Trinajstić information content (AvgIpc) is 3.31. The third kappa shape index (κ3) is 14.8. The standard InChI is InChI=1S/C32H48O4S4/c1-3-5-7-9-11-13-15-17-19-37-31-32(38-20-18-16-14-12-10-8-6-4-2)40-28(39-31)23-25-21-26(29(33)34)24-27(22-25)30(35)36/h21-24H,3-20H2,1-2H3,(H,33,34)(H,35,36). The lowest BCUT2D eigenvalue weighted by molar-refractivity contribution is 0.0696. The molecule has 0 unspecified atom stereocenters. The van der Waals surface area contributed by atoms with E-state index in [2.05, 4.69) is 13.8 Å². The van der Waals surface area contributed by atoms with Gasteiger partial charge in [0, 0.05) is 0 Å². The molecule has 0 radical (unpaired) electrons. The monoisotopic (exact) mass is 624 g/mol. The molecule has 1 aromatic rings. The fraction of sp³-hybridized carbons (Fsp3) is 0.625. The van der Waals surface area contributed by atoms with Crippen LogP contribution in [0.1, 0.15) is 143 Å². The molecule has 1 aliphatic rings. The number of carbonyl (C=O) groups is 2. The Labute approximate surface area is 259 Å². The second-order valence-electron chi connectivity index (χ2n) is 10.3. The molecular formula is C32H48O4S4. The second kappa shape index (κ2) is 21.7. The third-order valence-electron chi connectivity index (χ3n) is 6.75. The van der Waals surface area contributed by atoms with Crippen molar-refractivity contribution in [3.63, 3.8) is 0 Å². The van der Waals surface area contributed by atoms with Crippen molar-refractivity contribution in [3.8, 4) is 0 Å². The van der Waals surface area contributed by atoms with E-state index in [9.17, 15) is 19.8 Å². The number of benzene rings is 1. The summed E-state index contributed by atoms with van der Waals surface area (Å²) in [4.78, 5) is 23.1. The molecule has 0 atom stereocenters. The maximum Gasteiger partial charge on any atom is 0.335 e. The molecule has 1 aromatic carbocycles. The molecule has 0 saturated carbocycles. The van der Waals surface area contributed by atoms with Gasteiger partial charge in [-0.2, -0.15) is 0 Å². The summed E-state index contributed by atoms with van der Waals surface area (Å²) in [5.74, 6) is 0.00141. The minimum atomic E-state index is -1.11. The molecule has 0 fully saturated rings. The summed E-state index contributed by atoms with van der Waals surface area (Å²) < 4.78 is 3.77. The summed E-state index contributed by atoms with van der Waals surface area (Å²) in [7, 11) is 0. The minimum Gasteiger partial charge on any atom is -0.478 e. The highest BCUT2D eigenvalue weighted by molar-refractivity contribution is 8.40. The number of carboxylic acids is 2. The van der Waals surface area contributed by atoms with Crippen LogP contribution < -0.4 is 0 Å². The smallest absolute Gasteiger partial charge is 0.335 e. The quantitative estimate of drug-likeness (QED) is 0.116. The van der Waals surface area contributed by atoms with Gasteiger partial charge < -0.3 is 10.2 Å². The zero-order valence-electron chi connectivity index (χ0n) is 24.4. The minimum absolute atomic E-state index is 0.00120. The van der Waals surface area contributed by atoms with Gasteiger partial charge in [0.25, 0.3) is 0 Å². The zero-order valence-corrected chi connectivity index (χ0v) is 27.6. The van der Waals surface area contributed by atoms with E-state index in [-0.39, 0.29) is 11.1 Å². The summed E-state index contributed by atoms with van der Waals surface area (Å²) in [6.07, 6.45) is 23.0. The summed E-state index contributed by atoms with van der Waals surface area (Å²) in [6.45, 7) is 4.52.